The van der Waals surface area contributed by atoms with E-state index in [1.165, 1.54) is 24.3 Å². The number of nitrogens with zero attached hydrogens (tertiary/aromatic N) is 4. The summed E-state index contributed by atoms with van der Waals surface area (Å²) in [6.45, 7) is 0. The van der Waals surface area contributed by atoms with Crippen molar-refractivity contribution in [2.45, 2.75) is 5.22 Å². The number of anilines is 2. The number of carbonyl (C=O) groups excluding carboxylic acids is 2. The number of rotatable bonds is 10. The summed E-state index contributed by atoms with van der Waals surface area (Å²) in [7, 11) is 3.93. The van der Waals surface area contributed by atoms with Crippen LogP contribution in [0.4, 0.5) is 17.1 Å². The first-order valence-electron chi connectivity index (χ1n) is 11.4. The van der Waals surface area contributed by atoms with Crippen LogP contribution in [0.15, 0.2) is 88.5 Å². The van der Waals surface area contributed by atoms with Crippen LogP contribution in [0.1, 0.15) is 15.9 Å². The summed E-state index contributed by atoms with van der Waals surface area (Å²) in [6.07, 6.45) is 3.28. The molecule has 1 heterocycles. The minimum atomic E-state index is -0.509. The van der Waals surface area contributed by atoms with Crippen LogP contribution in [-0.2, 0) is 4.79 Å². The Hall–Kier alpha value is -4.77. The number of carbonyl (C=O) groups is 2. The third kappa shape index (κ3) is 6.92. The number of thioether (sulfide) groups is 1. The van der Waals surface area contributed by atoms with Crippen molar-refractivity contribution in [3.63, 3.8) is 0 Å². The Morgan fingerprint density at radius 2 is 1.79 bits per heavy atom. The summed E-state index contributed by atoms with van der Waals surface area (Å²) in [6, 6.07) is 20.3. The first-order chi connectivity index (χ1) is 18.3. The van der Waals surface area contributed by atoms with Crippen molar-refractivity contribution in [3.8, 4) is 11.5 Å². The van der Waals surface area contributed by atoms with Gasteiger partial charge in [0.05, 0.1) is 10.7 Å². The molecule has 0 fully saturated rings. The maximum absolute atomic E-state index is 12.5. The minimum absolute atomic E-state index is 0.00655. The Balaban J connectivity index is 1.28. The average molecular weight is 530 g/mol. The summed E-state index contributed by atoms with van der Waals surface area (Å²) in [5.41, 5.74) is 3.36. The second-order valence-corrected chi connectivity index (χ2v) is 9.20. The molecular formula is C27H23N5O5S. The molecule has 0 aliphatic rings. The van der Waals surface area contributed by atoms with Gasteiger partial charge >= 0.3 is 0 Å². The summed E-state index contributed by atoms with van der Waals surface area (Å²) in [5.74, 6) is -0.320. The maximum Gasteiger partial charge on any atom is 0.277 e. The highest BCUT2D eigenvalue weighted by Crippen LogP contribution is 2.26. The molecule has 0 aliphatic heterocycles. The molecule has 11 heteroatoms. The highest BCUT2D eigenvalue weighted by atomic mass is 32.2. The molecule has 4 aromatic rings. The zero-order chi connectivity index (χ0) is 27.1. The van der Waals surface area contributed by atoms with E-state index in [9.17, 15) is 19.7 Å². The first kappa shape index (κ1) is 26.3. The van der Waals surface area contributed by atoms with Gasteiger partial charge in [0, 0.05) is 48.7 Å². The number of allylic oxidation sites excluding steroid dienone is 1. The summed E-state index contributed by atoms with van der Waals surface area (Å²) >= 11 is 1.04. The molecule has 38 heavy (non-hydrogen) atoms. The normalized spacial score (nSPS) is 10.9. The van der Waals surface area contributed by atoms with Crippen LogP contribution in [0.2, 0.25) is 0 Å². The number of hydrogen-bond donors (Lipinski definition) is 1. The van der Waals surface area contributed by atoms with Gasteiger partial charge in [0.1, 0.15) is 0 Å². The van der Waals surface area contributed by atoms with Crippen molar-refractivity contribution in [2.24, 2.45) is 0 Å². The highest BCUT2D eigenvalue weighted by Gasteiger charge is 2.14. The molecule has 1 aromatic heterocycles. The fourth-order valence-electron chi connectivity index (χ4n) is 3.33. The molecule has 0 radical (unpaired) electrons. The number of nitro groups is 1. The summed E-state index contributed by atoms with van der Waals surface area (Å²) < 4.78 is 5.51. The van der Waals surface area contributed by atoms with E-state index in [2.05, 4.69) is 15.5 Å². The van der Waals surface area contributed by atoms with E-state index in [-0.39, 0.29) is 34.2 Å². The van der Waals surface area contributed by atoms with Gasteiger partial charge in [-0.3, -0.25) is 19.7 Å². The molecular weight excluding hydrogens is 506 g/mol. The third-order valence-electron chi connectivity index (χ3n) is 5.33. The minimum Gasteiger partial charge on any atom is -0.411 e. The molecule has 0 aliphatic carbocycles. The predicted octanol–water partition coefficient (Wildman–Crippen LogP) is 5.34. The molecule has 1 amide bonds. The van der Waals surface area contributed by atoms with Gasteiger partial charge in [-0.1, -0.05) is 36.0 Å². The smallest absolute Gasteiger partial charge is 0.277 e. The zero-order valence-corrected chi connectivity index (χ0v) is 21.3. The predicted molar refractivity (Wildman–Crippen MR) is 146 cm³/mol. The summed E-state index contributed by atoms with van der Waals surface area (Å²) in [4.78, 5) is 37.3. The number of ketones is 1. The van der Waals surface area contributed by atoms with Crippen LogP contribution in [0.3, 0.4) is 0 Å². The zero-order valence-electron chi connectivity index (χ0n) is 20.5. The fourth-order valence-corrected chi connectivity index (χ4v) is 3.89. The molecule has 3 aromatic carbocycles. The first-order valence-corrected chi connectivity index (χ1v) is 12.4. The van der Waals surface area contributed by atoms with Gasteiger partial charge in [0.2, 0.25) is 11.8 Å². The van der Waals surface area contributed by atoms with Crippen molar-refractivity contribution in [3.05, 3.63) is 100 Å². The second-order valence-electron chi connectivity index (χ2n) is 8.28. The topological polar surface area (TPSA) is 131 Å². The van der Waals surface area contributed by atoms with E-state index in [1.54, 1.807) is 36.4 Å². The molecule has 4 rings (SSSR count). The van der Waals surface area contributed by atoms with Crippen LogP contribution in [0, 0.1) is 10.1 Å². The molecule has 0 bridgehead atoms. The quantitative estimate of drug-likeness (QED) is 0.0951. The lowest BCUT2D eigenvalue weighted by atomic mass is 10.1. The molecule has 0 spiro atoms. The van der Waals surface area contributed by atoms with Gasteiger partial charge in [-0.15, -0.1) is 10.2 Å². The van der Waals surface area contributed by atoms with E-state index in [1.807, 2.05) is 43.3 Å². The van der Waals surface area contributed by atoms with Crippen LogP contribution >= 0.6 is 11.8 Å². The Bertz CT molecular complexity index is 1480. The Kier molecular flexibility index (Phi) is 8.29. The number of nitrogens with one attached hydrogen (secondary N) is 1. The van der Waals surface area contributed by atoms with Gasteiger partial charge in [-0.05, 0) is 54.1 Å². The highest BCUT2D eigenvalue weighted by molar-refractivity contribution is 7.99. The van der Waals surface area contributed by atoms with Crippen LogP contribution in [-0.4, -0.2) is 46.7 Å². The largest absolute Gasteiger partial charge is 0.411 e. The fraction of sp³-hybridized carbons (Fsp3) is 0.111. The Morgan fingerprint density at radius 3 is 2.47 bits per heavy atom. The van der Waals surface area contributed by atoms with Crippen molar-refractivity contribution < 1.29 is 18.9 Å². The standard InChI is InChI=1S/C27H23N5O5S/c1-31(2)22-13-6-18(7-14-22)8-15-24(33)19-9-11-21(12-10-19)28-25(34)17-38-27-30-29-26(37-27)20-4-3-5-23(16-20)32(35)36/h3-16H,17H2,1-2H3,(H,28,34)/b15-8-. The molecule has 0 saturated carbocycles. The van der Waals surface area contributed by atoms with Gasteiger partial charge in [-0.25, -0.2) is 0 Å². The van der Waals surface area contributed by atoms with Crippen molar-refractivity contribution in [2.75, 3.05) is 30.1 Å². The lowest BCUT2D eigenvalue weighted by Gasteiger charge is -2.11. The molecule has 0 atom stereocenters. The number of aromatic nitrogens is 2. The number of nitro benzene ring substituents is 1. The molecule has 0 saturated heterocycles. The summed E-state index contributed by atoms with van der Waals surface area (Å²) in [5, 5.41) is 21.6. The number of non-ortho nitro benzene ring substituents is 1. The van der Waals surface area contributed by atoms with Gasteiger partial charge in [0.15, 0.2) is 5.78 Å². The van der Waals surface area contributed by atoms with Crippen LogP contribution < -0.4 is 10.2 Å². The van der Waals surface area contributed by atoms with Crippen molar-refractivity contribution in [1.82, 2.24) is 10.2 Å². The van der Waals surface area contributed by atoms with Crippen LogP contribution in [0.5, 0.6) is 0 Å². The Morgan fingerprint density at radius 1 is 1.05 bits per heavy atom. The van der Waals surface area contributed by atoms with Gasteiger partial charge < -0.3 is 14.6 Å². The van der Waals surface area contributed by atoms with Crippen molar-refractivity contribution in [1.29, 1.82) is 0 Å². The SMILES string of the molecule is CN(C)c1ccc(/C=C\C(=O)c2ccc(NC(=O)CSc3nnc(-c4cccc([N+](=O)[O-])c4)o3)cc2)cc1. The lowest BCUT2D eigenvalue weighted by molar-refractivity contribution is -0.384. The molecule has 1 N–H and O–H groups in total. The maximum atomic E-state index is 12.5. The van der Waals surface area contributed by atoms with E-state index in [0.29, 0.717) is 16.8 Å². The number of hydrogen-bond acceptors (Lipinski definition) is 9. The lowest BCUT2D eigenvalue weighted by Crippen LogP contribution is -2.14. The average Bonchev–Trinajstić information content (AvgIpc) is 3.40. The van der Waals surface area contributed by atoms with Gasteiger partial charge in [0.25, 0.3) is 10.9 Å². The molecule has 0 unspecified atom stereocenters. The van der Waals surface area contributed by atoms with E-state index >= 15 is 0 Å². The number of benzene rings is 3. The molecule has 10 nitrogen and oxygen atoms in total. The van der Waals surface area contributed by atoms with Crippen LogP contribution in [0.25, 0.3) is 17.5 Å². The van der Waals surface area contributed by atoms with E-state index < -0.39 is 4.92 Å². The van der Waals surface area contributed by atoms with Crippen molar-refractivity contribution >= 4 is 46.6 Å². The van der Waals surface area contributed by atoms with E-state index in [0.717, 1.165) is 23.0 Å². The second kappa shape index (κ2) is 12.0. The Labute approximate surface area is 222 Å². The molecule has 192 valence electrons. The monoisotopic (exact) mass is 529 g/mol. The number of amides is 1. The third-order valence-corrected chi connectivity index (χ3v) is 6.15. The van der Waals surface area contributed by atoms with Gasteiger partial charge in [-0.2, -0.15) is 0 Å². The van der Waals surface area contributed by atoms with E-state index in [4.69, 9.17) is 4.42 Å².